The smallest absolute Gasteiger partial charge is 0.279 e. The zero-order valence-electron chi connectivity index (χ0n) is 14.7. The van der Waals surface area contributed by atoms with Crippen molar-refractivity contribution in [1.29, 1.82) is 0 Å². The van der Waals surface area contributed by atoms with Gasteiger partial charge in [0.15, 0.2) is 0 Å². The number of carbonyl (C=O) groups excluding carboxylic acids is 1. The average molecular weight is 394 g/mol. The number of anilines is 1. The molecule has 1 amide bonds. The highest BCUT2D eigenvalue weighted by Gasteiger charge is 2.24. The van der Waals surface area contributed by atoms with Crippen molar-refractivity contribution in [2.45, 2.75) is 26.9 Å². The number of hydrogen-bond donors (Lipinski definition) is 1. The third-order valence-corrected chi connectivity index (χ3v) is 3.86. The number of benzene rings is 2. The maximum Gasteiger partial charge on any atom is 0.279 e. The molecule has 2 rings (SSSR count). The van der Waals surface area contributed by atoms with Crippen LogP contribution in [0, 0.1) is 27.2 Å². The number of nitro benzene ring substituents is 2. The van der Waals surface area contributed by atoms with Crippen LogP contribution in [0.25, 0.3) is 0 Å². The molecule has 0 unspecified atom stereocenters. The number of nitrogens with one attached hydrogen (secondary N) is 1. The number of rotatable bonds is 6. The van der Waals surface area contributed by atoms with Gasteiger partial charge in [0.1, 0.15) is 5.75 Å². The molecule has 0 saturated heterocycles. The quantitative estimate of drug-likeness (QED) is 0.568. The van der Waals surface area contributed by atoms with Crippen LogP contribution >= 0.6 is 11.6 Å². The van der Waals surface area contributed by atoms with Crippen LogP contribution in [0.2, 0.25) is 5.02 Å². The highest BCUT2D eigenvalue weighted by atomic mass is 35.5. The van der Waals surface area contributed by atoms with Crippen molar-refractivity contribution in [3.63, 3.8) is 0 Å². The van der Waals surface area contributed by atoms with Crippen molar-refractivity contribution in [3.05, 3.63) is 66.7 Å². The number of hydrogen-bond acceptors (Lipinski definition) is 6. The predicted octanol–water partition coefficient (Wildman–Crippen LogP) is 4.50. The van der Waals surface area contributed by atoms with E-state index in [1.54, 1.807) is 12.1 Å². The normalized spacial score (nSPS) is 10.6. The van der Waals surface area contributed by atoms with Gasteiger partial charge in [-0.15, -0.1) is 0 Å². The Kier molecular flexibility index (Phi) is 5.96. The lowest BCUT2D eigenvalue weighted by atomic mass is 10.0. The Bertz CT molecular complexity index is 929. The fourth-order valence-electron chi connectivity index (χ4n) is 2.34. The van der Waals surface area contributed by atoms with E-state index < -0.39 is 27.1 Å². The highest BCUT2D eigenvalue weighted by molar-refractivity contribution is 6.32. The maximum atomic E-state index is 12.5. The van der Waals surface area contributed by atoms with Crippen molar-refractivity contribution in [3.8, 4) is 5.75 Å². The molecule has 0 fully saturated rings. The van der Waals surface area contributed by atoms with E-state index >= 15 is 0 Å². The number of halogens is 1. The Morgan fingerprint density at radius 3 is 2.33 bits per heavy atom. The first kappa shape index (κ1) is 20.1. The zero-order valence-corrected chi connectivity index (χ0v) is 15.4. The molecule has 27 heavy (non-hydrogen) atoms. The van der Waals surface area contributed by atoms with E-state index in [9.17, 15) is 25.0 Å². The summed E-state index contributed by atoms with van der Waals surface area (Å²) < 4.78 is 5.50. The molecule has 0 atom stereocenters. The van der Waals surface area contributed by atoms with Gasteiger partial charge < -0.3 is 10.1 Å². The molecule has 1 N–H and O–H groups in total. The lowest BCUT2D eigenvalue weighted by molar-refractivity contribution is -0.394. The Morgan fingerprint density at radius 2 is 1.81 bits per heavy atom. The number of non-ortho nitro benzene ring substituents is 1. The van der Waals surface area contributed by atoms with E-state index in [0.717, 1.165) is 12.1 Å². The van der Waals surface area contributed by atoms with Crippen LogP contribution in [0.1, 0.15) is 29.8 Å². The monoisotopic (exact) mass is 393 g/mol. The fraction of sp³-hybridized carbons (Fsp3) is 0.235. The van der Waals surface area contributed by atoms with Crippen molar-refractivity contribution >= 4 is 34.6 Å². The summed E-state index contributed by atoms with van der Waals surface area (Å²) in [6.45, 7) is 5.03. The average Bonchev–Trinajstić information content (AvgIpc) is 2.56. The van der Waals surface area contributed by atoms with Gasteiger partial charge in [0.05, 0.1) is 32.6 Å². The van der Waals surface area contributed by atoms with Gasteiger partial charge in [-0.1, -0.05) is 11.6 Å². The van der Waals surface area contributed by atoms with Crippen molar-refractivity contribution < 1.29 is 19.4 Å². The van der Waals surface area contributed by atoms with Gasteiger partial charge in [0.2, 0.25) is 0 Å². The number of amides is 1. The van der Waals surface area contributed by atoms with Crippen LogP contribution in [-0.2, 0) is 0 Å². The summed E-state index contributed by atoms with van der Waals surface area (Å²) in [5, 5.41) is 24.9. The topological polar surface area (TPSA) is 125 Å². The minimum atomic E-state index is -0.794. The second kappa shape index (κ2) is 8.00. The van der Waals surface area contributed by atoms with Crippen LogP contribution in [-0.4, -0.2) is 21.9 Å². The first-order valence-corrected chi connectivity index (χ1v) is 8.19. The summed E-state index contributed by atoms with van der Waals surface area (Å²) in [6, 6.07) is 6.39. The molecular weight excluding hydrogens is 378 g/mol. The fourth-order valence-corrected chi connectivity index (χ4v) is 2.57. The molecule has 0 aliphatic heterocycles. The lowest BCUT2D eigenvalue weighted by Gasteiger charge is -2.13. The van der Waals surface area contributed by atoms with Gasteiger partial charge in [0.25, 0.3) is 17.3 Å². The molecule has 0 radical (unpaired) electrons. The molecule has 0 heterocycles. The van der Waals surface area contributed by atoms with E-state index in [-0.39, 0.29) is 22.3 Å². The molecule has 0 aliphatic carbocycles. The molecule has 0 saturated carbocycles. The molecular formula is C17H16ClN3O6. The van der Waals surface area contributed by atoms with E-state index in [0.29, 0.717) is 11.4 Å². The molecule has 2 aromatic rings. The Balaban J connectivity index is 2.37. The SMILES string of the molecule is Cc1c(C(=O)Nc2ccc(OC(C)C)c(Cl)c2)cc([N+](=O)[O-])cc1[N+](=O)[O-]. The van der Waals surface area contributed by atoms with E-state index in [2.05, 4.69) is 5.32 Å². The predicted molar refractivity (Wildman–Crippen MR) is 99.7 cm³/mol. The summed E-state index contributed by atoms with van der Waals surface area (Å²) in [5.41, 5.74) is -0.887. The summed E-state index contributed by atoms with van der Waals surface area (Å²) in [6.07, 6.45) is -0.0870. The highest BCUT2D eigenvalue weighted by Crippen LogP contribution is 2.31. The zero-order chi connectivity index (χ0) is 20.3. The summed E-state index contributed by atoms with van der Waals surface area (Å²) in [5.74, 6) is -0.292. The third-order valence-electron chi connectivity index (χ3n) is 3.57. The number of nitrogens with zero attached hydrogens (tertiary/aromatic N) is 2. The summed E-state index contributed by atoms with van der Waals surface area (Å²) >= 11 is 6.11. The van der Waals surface area contributed by atoms with Gasteiger partial charge in [-0.3, -0.25) is 25.0 Å². The van der Waals surface area contributed by atoms with Crippen LogP contribution in [0.15, 0.2) is 30.3 Å². The van der Waals surface area contributed by atoms with E-state index in [1.807, 2.05) is 13.8 Å². The lowest BCUT2D eigenvalue weighted by Crippen LogP contribution is -2.15. The molecule has 0 aromatic heterocycles. The largest absolute Gasteiger partial charge is 0.489 e. The van der Waals surface area contributed by atoms with Gasteiger partial charge in [-0.2, -0.15) is 0 Å². The summed E-state index contributed by atoms with van der Waals surface area (Å²) in [4.78, 5) is 33.1. The molecule has 142 valence electrons. The van der Waals surface area contributed by atoms with Crippen LogP contribution in [0.5, 0.6) is 5.75 Å². The Hall–Kier alpha value is -3.20. The Labute approximate surface area is 159 Å². The first-order chi connectivity index (χ1) is 12.6. The third kappa shape index (κ3) is 4.70. The minimum absolute atomic E-state index is 0.0222. The molecule has 0 aliphatic rings. The second-order valence-electron chi connectivity index (χ2n) is 5.92. The van der Waals surface area contributed by atoms with Gasteiger partial charge >= 0.3 is 0 Å². The van der Waals surface area contributed by atoms with Gasteiger partial charge in [-0.25, -0.2) is 0 Å². The van der Waals surface area contributed by atoms with Crippen LogP contribution in [0.4, 0.5) is 17.1 Å². The van der Waals surface area contributed by atoms with Crippen LogP contribution in [0.3, 0.4) is 0 Å². The second-order valence-corrected chi connectivity index (χ2v) is 6.32. The molecule has 0 bridgehead atoms. The number of nitro groups is 2. The Morgan fingerprint density at radius 1 is 1.15 bits per heavy atom. The first-order valence-electron chi connectivity index (χ1n) is 7.81. The molecule has 2 aromatic carbocycles. The molecule has 10 heteroatoms. The van der Waals surface area contributed by atoms with E-state index in [1.165, 1.54) is 13.0 Å². The number of ether oxygens (including phenoxy) is 1. The van der Waals surface area contributed by atoms with Gasteiger partial charge in [0, 0.05) is 17.3 Å². The van der Waals surface area contributed by atoms with Crippen LogP contribution < -0.4 is 10.1 Å². The molecule has 9 nitrogen and oxygen atoms in total. The van der Waals surface area contributed by atoms with Crippen molar-refractivity contribution in [2.75, 3.05) is 5.32 Å². The molecule has 0 spiro atoms. The standard InChI is InChI=1S/C17H16ClN3O6/c1-9(2)27-16-5-4-11(6-14(16)18)19-17(22)13-7-12(20(23)24)8-15(10(13)3)21(25)26/h4-9H,1-3H3,(H,19,22). The van der Waals surface area contributed by atoms with Crippen molar-refractivity contribution in [2.24, 2.45) is 0 Å². The summed E-state index contributed by atoms with van der Waals surface area (Å²) in [7, 11) is 0. The van der Waals surface area contributed by atoms with Crippen molar-refractivity contribution in [1.82, 2.24) is 0 Å². The maximum absolute atomic E-state index is 12.5. The van der Waals surface area contributed by atoms with Gasteiger partial charge in [-0.05, 0) is 39.0 Å². The number of carbonyl (C=O) groups is 1. The van der Waals surface area contributed by atoms with E-state index in [4.69, 9.17) is 16.3 Å². The minimum Gasteiger partial charge on any atom is -0.489 e.